The van der Waals surface area contributed by atoms with Gasteiger partial charge in [0.15, 0.2) is 11.9 Å². The van der Waals surface area contributed by atoms with Crippen molar-refractivity contribution in [2.45, 2.75) is 62.5 Å². The van der Waals surface area contributed by atoms with Crippen molar-refractivity contribution >= 4 is 18.0 Å². The molecule has 3 aromatic rings. The summed E-state index contributed by atoms with van der Waals surface area (Å²) in [5.41, 5.74) is 6.70. The number of carbonyl (C=O) groups is 3. The highest BCUT2D eigenvalue weighted by molar-refractivity contribution is 5.99. The lowest BCUT2D eigenvalue weighted by molar-refractivity contribution is -0.138. The molecule has 2 aliphatic heterocycles. The highest BCUT2D eigenvalue weighted by Crippen LogP contribution is 2.62. The van der Waals surface area contributed by atoms with Crippen molar-refractivity contribution in [2.24, 2.45) is 11.8 Å². The Morgan fingerprint density at radius 3 is 2.50 bits per heavy atom. The van der Waals surface area contributed by atoms with Crippen LogP contribution in [0.15, 0.2) is 60.7 Å². The molecule has 3 fully saturated rings. The molecule has 0 radical (unpaired) electrons. The van der Waals surface area contributed by atoms with Gasteiger partial charge in [0.05, 0.1) is 5.56 Å². The molecule has 1 N–H and O–H groups in total. The molecule has 214 valence electrons. The van der Waals surface area contributed by atoms with Crippen LogP contribution in [0, 0.1) is 11.8 Å². The van der Waals surface area contributed by atoms with E-state index in [2.05, 4.69) is 40.5 Å². The predicted octanol–water partition coefficient (Wildman–Crippen LogP) is 5.16. The summed E-state index contributed by atoms with van der Waals surface area (Å²) < 4.78 is 6.56. The molecule has 2 heterocycles. The number of likely N-dealkylation sites (tertiary alicyclic amines) is 1. The molecular weight excluding hydrogens is 524 g/mol. The van der Waals surface area contributed by atoms with Gasteiger partial charge in [-0.1, -0.05) is 54.6 Å². The number of rotatable bonds is 8. The molecule has 1 saturated heterocycles. The molecule has 8 rings (SSSR count). The first kappa shape index (κ1) is 25.9. The van der Waals surface area contributed by atoms with E-state index in [0.717, 1.165) is 54.7 Å². The first-order chi connectivity index (χ1) is 20.5. The van der Waals surface area contributed by atoms with E-state index in [9.17, 15) is 14.4 Å². The first-order valence-corrected chi connectivity index (χ1v) is 15.6. The SMILES string of the molecule is O=Cc1ccc(-c2ccc(CCNC(=O)c3ccc4c5c3O[C@H]3C(=O)CC[C@H]6[C@@H](C4)N(CC4CC4)CC[C@]536)cc2)cc1. The lowest BCUT2D eigenvalue weighted by atomic mass is 9.51. The third kappa shape index (κ3) is 4.06. The van der Waals surface area contributed by atoms with Gasteiger partial charge in [-0.3, -0.25) is 19.3 Å². The maximum Gasteiger partial charge on any atom is 0.255 e. The van der Waals surface area contributed by atoms with Crippen LogP contribution >= 0.6 is 0 Å². The van der Waals surface area contributed by atoms with Gasteiger partial charge in [0.2, 0.25) is 0 Å². The molecule has 1 spiro atoms. The van der Waals surface area contributed by atoms with E-state index < -0.39 is 6.10 Å². The van der Waals surface area contributed by atoms with Gasteiger partial charge in [0, 0.05) is 42.1 Å². The van der Waals surface area contributed by atoms with E-state index in [1.165, 1.54) is 30.5 Å². The summed E-state index contributed by atoms with van der Waals surface area (Å²) >= 11 is 0. The van der Waals surface area contributed by atoms with Gasteiger partial charge in [0.1, 0.15) is 12.0 Å². The summed E-state index contributed by atoms with van der Waals surface area (Å²) in [5, 5.41) is 3.12. The maximum absolute atomic E-state index is 13.5. The number of ketones is 1. The topological polar surface area (TPSA) is 75.7 Å². The summed E-state index contributed by atoms with van der Waals surface area (Å²) in [6.07, 6.45) is 7.27. The van der Waals surface area contributed by atoms with Crippen LogP contribution in [0.4, 0.5) is 0 Å². The minimum atomic E-state index is -0.446. The average Bonchev–Trinajstić information content (AvgIpc) is 3.77. The molecule has 2 saturated carbocycles. The highest BCUT2D eigenvalue weighted by atomic mass is 16.5. The van der Waals surface area contributed by atoms with Crippen molar-refractivity contribution in [1.82, 2.24) is 10.2 Å². The number of Topliss-reactive ketones (excluding diaryl/α,β-unsaturated/α-hetero) is 1. The van der Waals surface area contributed by atoms with E-state index in [1.54, 1.807) is 0 Å². The largest absolute Gasteiger partial charge is 0.481 e. The number of ether oxygens (including phenoxy) is 1. The maximum atomic E-state index is 13.5. The predicted molar refractivity (Wildman–Crippen MR) is 160 cm³/mol. The number of aldehydes is 1. The Labute approximate surface area is 246 Å². The van der Waals surface area contributed by atoms with Crippen molar-refractivity contribution < 1.29 is 19.1 Å². The molecule has 0 aromatic heterocycles. The molecule has 3 aromatic carbocycles. The fourth-order valence-corrected chi connectivity index (χ4v) is 8.49. The van der Waals surface area contributed by atoms with Gasteiger partial charge in [-0.15, -0.1) is 0 Å². The molecule has 1 amide bonds. The summed E-state index contributed by atoms with van der Waals surface area (Å²) in [5.74, 6) is 2.02. The molecule has 42 heavy (non-hydrogen) atoms. The van der Waals surface area contributed by atoms with Crippen LogP contribution < -0.4 is 10.1 Å². The van der Waals surface area contributed by atoms with Gasteiger partial charge in [-0.2, -0.15) is 0 Å². The van der Waals surface area contributed by atoms with Crippen molar-refractivity contribution in [3.63, 3.8) is 0 Å². The second-order valence-electron chi connectivity index (χ2n) is 13.0. The monoisotopic (exact) mass is 560 g/mol. The summed E-state index contributed by atoms with van der Waals surface area (Å²) in [4.78, 5) is 40.5. The van der Waals surface area contributed by atoms with E-state index in [4.69, 9.17) is 4.74 Å². The van der Waals surface area contributed by atoms with E-state index >= 15 is 0 Å². The van der Waals surface area contributed by atoms with Crippen molar-refractivity contribution in [1.29, 1.82) is 0 Å². The Morgan fingerprint density at radius 2 is 1.76 bits per heavy atom. The second kappa shape index (κ2) is 9.91. The zero-order chi connectivity index (χ0) is 28.4. The summed E-state index contributed by atoms with van der Waals surface area (Å²) in [7, 11) is 0. The van der Waals surface area contributed by atoms with E-state index in [-0.39, 0.29) is 17.1 Å². The van der Waals surface area contributed by atoms with Crippen LogP contribution in [0.25, 0.3) is 11.1 Å². The molecule has 2 bridgehead atoms. The van der Waals surface area contributed by atoms with Gasteiger partial charge >= 0.3 is 0 Å². The molecule has 6 nitrogen and oxygen atoms in total. The van der Waals surface area contributed by atoms with Crippen LogP contribution in [0.2, 0.25) is 0 Å². The van der Waals surface area contributed by atoms with Gasteiger partial charge < -0.3 is 10.1 Å². The van der Waals surface area contributed by atoms with E-state index in [0.29, 0.717) is 48.2 Å². The molecule has 0 unspecified atom stereocenters. The minimum absolute atomic E-state index is 0.132. The number of carbonyl (C=O) groups excluding carboxylic acids is 3. The first-order valence-electron chi connectivity index (χ1n) is 15.6. The zero-order valence-electron chi connectivity index (χ0n) is 23.8. The highest BCUT2D eigenvalue weighted by Gasteiger charge is 2.66. The quantitative estimate of drug-likeness (QED) is 0.386. The van der Waals surface area contributed by atoms with Crippen LogP contribution in [0.1, 0.15) is 69.5 Å². The number of hydrogen-bond donors (Lipinski definition) is 1. The number of hydrogen-bond acceptors (Lipinski definition) is 5. The number of nitrogens with zero attached hydrogens (tertiary/aromatic N) is 1. The van der Waals surface area contributed by atoms with Crippen LogP contribution in [0.5, 0.6) is 5.75 Å². The lowest BCUT2D eigenvalue weighted by Gasteiger charge is -2.57. The number of benzene rings is 3. The standard InChI is InChI=1S/C36H36N2O4/c39-21-24-5-9-26(10-6-24)25-7-3-22(4-8-25)15-17-37-35(41)28-12-11-27-19-30-29-13-14-31(40)34-36(29,32(27)33(28)42-34)16-18-38(30)20-23-1-2-23/h3-12,21,23,29-30,34H,1-2,13-20H2,(H,37,41)/t29-,30+,34-,36-/m0/s1. The third-order valence-electron chi connectivity index (χ3n) is 10.7. The second-order valence-corrected chi connectivity index (χ2v) is 13.0. The molecule has 3 aliphatic carbocycles. The lowest BCUT2D eigenvalue weighted by Crippen LogP contribution is -2.66. The van der Waals surface area contributed by atoms with Crippen LogP contribution in [0.3, 0.4) is 0 Å². The smallest absolute Gasteiger partial charge is 0.255 e. The molecule has 4 atom stereocenters. The van der Waals surface area contributed by atoms with Crippen molar-refractivity contribution in [3.05, 3.63) is 88.5 Å². The fourth-order valence-electron chi connectivity index (χ4n) is 8.49. The third-order valence-corrected chi connectivity index (χ3v) is 10.7. The van der Waals surface area contributed by atoms with Gasteiger partial charge in [-0.25, -0.2) is 0 Å². The Morgan fingerprint density at radius 1 is 1.00 bits per heavy atom. The number of nitrogens with one attached hydrogen (secondary N) is 1. The van der Waals surface area contributed by atoms with E-state index in [1.807, 2.05) is 30.3 Å². The minimum Gasteiger partial charge on any atom is -0.481 e. The molecule has 5 aliphatic rings. The Kier molecular flexibility index (Phi) is 6.11. The summed E-state index contributed by atoms with van der Waals surface area (Å²) in [6.45, 7) is 2.72. The Bertz CT molecular complexity index is 1580. The van der Waals surface area contributed by atoms with Crippen molar-refractivity contribution in [3.8, 4) is 16.9 Å². The Balaban J connectivity index is 0.996. The van der Waals surface area contributed by atoms with Crippen LogP contribution in [-0.2, 0) is 23.1 Å². The molecule has 6 heteroatoms. The van der Waals surface area contributed by atoms with Crippen LogP contribution in [-0.4, -0.2) is 54.7 Å². The van der Waals surface area contributed by atoms with Gasteiger partial charge in [0.25, 0.3) is 5.91 Å². The zero-order valence-corrected chi connectivity index (χ0v) is 23.8. The van der Waals surface area contributed by atoms with Crippen molar-refractivity contribution in [2.75, 3.05) is 19.6 Å². The Hall–Kier alpha value is -3.77. The summed E-state index contributed by atoms with van der Waals surface area (Å²) in [6, 6.07) is 20.4. The number of amides is 1. The molecular formula is C36H36N2O4. The average molecular weight is 561 g/mol. The number of piperidine rings is 1. The van der Waals surface area contributed by atoms with Gasteiger partial charge in [-0.05, 0) is 85.2 Å². The normalized spacial score (nSPS) is 27.2. The fraction of sp³-hybridized carbons (Fsp3) is 0.417.